The van der Waals surface area contributed by atoms with Gasteiger partial charge in [-0.1, -0.05) is 35.9 Å². The molecule has 0 saturated carbocycles. The van der Waals surface area contributed by atoms with Crippen molar-refractivity contribution in [3.05, 3.63) is 82.0 Å². The van der Waals surface area contributed by atoms with Gasteiger partial charge >= 0.3 is 0 Å². The number of rotatable bonds is 6. The zero-order chi connectivity index (χ0) is 22.2. The Morgan fingerprint density at radius 1 is 1.03 bits per heavy atom. The average molecular weight is 476 g/mol. The number of hydrazone groups is 1. The summed E-state index contributed by atoms with van der Waals surface area (Å²) >= 11 is 1.47. The number of anilines is 1. The first-order valence-electron chi connectivity index (χ1n) is 9.44. The highest BCUT2D eigenvalue weighted by Crippen LogP contribution is 2.39. The molecular weight excluding hydrogens is 454 g/mol. The molecule has 162 valence electrons. The van der Waals surface area contributed by atoms with Crippen LogP contribution in [0.1, 0.15) is 28.5 Å². The maximum Gasteiger partial charge on any atom is 0.279 e. The molecule has 0 saturated heterocycles. The van der Waals surface area contributed by atoms with E-state index < -0.39 is 26.1 Å². The van der Waals surface area contributed by atoms with Crippen LogP contribution in [0.15, 0.2) is 76.0 Å². The van der Waals surface area contributed by atoms with Crippen molar-refractivity contribution >= 4 is 42.8 Å². The Bertz CT molecular complexity index is 1330. The molecule has 3 aromatic rings. The molecule has 0 spiro atoms. The highest BCUT2D eigenvalue weighted by molar-refractivity contribution is 7.92. The van der Waals surface area contributed by atoms with Gasteiger partial charge in [0, 0.05) is 17.0 Å². The van der Waals surface area contributed by atoms with Crippen LogP contribution in [0.2, 0.25) is 0 Å². The summed E-state index contributed by atoms with van der Waals surface area (Å²) in [6.45, 7) is 1.90. The summed E-state index contributed by atoms with van der Waals surface area (Å²) < 4.78 is 53.6. The van der Waals surface area contributed by atoms with Crippen LogP contribution in [0, 0.1) is 6.92 Å². The van der Waals surface area contributed by atoms with E-state index in [-0.39, 0.29) is 4.90 Å². The minimum atomic E-state index is -3.87. The van der Waals surface area contributed by atoms with E-state index in [0.29, 0.717) is 23.4 Å². The summed E-state index contributed by atoms with van der Waals surface area (Å²) in [6, 6.07) is 16.8. The Morgan fingerprint density at radius 3 is 2.42 bits per heavy atom. The molecule has 0 amide bonds. The normalized spacial score (nSPS) is 16.9. The minimum Gasteiger partial charge on any atom is -0.284 e. The zero-order valence-electron chi connectivity index (χ0n) is 16.9. The van der Waals surface area contributed by atoms with E-state index in [4.69, 9.17) is 0 Å². The van der Waals surface area contributed by atoms with Crippen molar-refractivity contribution in [2.75, 3.05) is 11.0 Å². The quantitative estimate of drug-likeness (QED) is 0.584. The number of nitrogens with one attached hydrogen (secondary N) is 1. The molecule has 31 heavy (non-hydrogen) atoms. The topological polar surface area (TPSA) is 95.9 Å². The number of nitrogens with zero attached hydrogens (tertiary/aromatic N) is 2. The summed E-state index contributed by atoms with van der Waals surface area (Å²) in [7, 11) is -7.30. The lowest BCUT2D eigenvalue weighted by Crippen LogP contribution is -2.26. The van der Waals surface area contributed by atoms with Crippen molar-refractivity contribution in [2.45, 2.75) is 24.3 Å². The third-order valence-corrected chi connectivity index (χ3v) is 8.08. The van der Waals surface area contributed by atoms with Gasteiger partial charge in [0.25, 0.3) is 10.0 Å². The number of benzene rings is 2. The molecule has 2 aromatic carbocycles. The second-order valence-corrected chi connectivity index (χ2v) is 11.9. The van der Waals surface area contributed by atoms with Gasteiger partial charge in [-0.3, -0.25) is 4.72 Å². The van der Waals surface area contributed by atoms with Gasteiger partial charge in [0.05, 0.1) is 16.9 Å². The minimum absolute atomic E-state index is 0.178. The highest BCUT2D eigenvalue weighted by atomic mass is 32.2. The van der Waals surface area contributed by atoms with Gasteiger partial charge in [0.15, 0.2) is 0 Å². The Morgan fingerprint density at radius 2 is 1.77 bits per heavy atom. The van der Waals surface area contributed by atoms with Gasteiger partial charge in [-0.15, -0.1) is 11.3 Å². The van der Waals surface area contributed by atoms with Gasteiger partial charge in [0.1, 0.15) is 6.04 Å². The molecule has 4 rings (SSSR count). The van der Waals surface area contributed by atoms with Crippen LogP contribution in [-0.2, 0) is 20.0 Å². The molecule has 1 aromatic heterocycles. The number of hydrogen-bond donors (Lipinski definition) is 1. The van der Waals surface area contributed by atoms with E-state index in [1.54, 1.807) is 48.5 Å². The molecule has 10 heteroatoms. The standard InChI is InChI=1S/C21H21N3O4S3/c1-15-8-10-18(11-9-15)31(27,28)24-20(21-7-4-12-29-21)14-19(22-24)16-5-3-6-17(13-16)23-30(2,25)26/h3-13,20,23H,14H2,1-2H3/t20-/m0/s1. The molecule has 1 N–H and O–H groups in total. The molecule has 0 bridgehead atoms. The number of sulfonamides is 2. The monoisotopic (exact) mass is 475 g/mol. The maximum atomic E-state index is 13.4. The summed E-state index contributed by atoms with van der Waals surface area (Å²) in [5.41, 5.74) is 2.60. The molecule has 1 aliphatic heterocycles. The lowest BCUT2D eigenvalue weighted by molar-refractivity contribution is 0.375. The first-order chi connectivity index (χ1) is 14.6. The van der Waals surface area contributed by atoms with Gasteiger partial charge in [-0.25, -0.2) is 8.42 Å². The van der Waals surface area contributed by atoms with Gasteiger partial charge in [-0.2, -0.15) is 17.9 Å². The van der Waals surface area contributed by atoms with Gasteiger partial charge in [0.2, 0.25) is 10.0 Å². The van der Waals surface area contributed by atoms with Crippen molar-refractivity contribution in [1.82, 2.24) is 4.41 Å². The second kappa shape index (κ2) is 8.10. The van der Waals surface area contributed by atoms with Crippen LogP contribution in [0.4, 0.5) is 5.69 Å². The van der Waals surface area contributed by atoms with Crippen molar-refractivity contribution in [3.8, 4) is 0 Å². The van der Waals surface area contributed by atoms with E-state index in [0.717, 1.165) is 16.7 Å². The molecule has 2 heterocycles. The van der Waals surface area contributed by atoms with Crippen LogP contribution in [0.25, 0.3) is 0 Å². The van der Waals surface area contributed by atoms with Crippen molar-refractivity contribution in [3.63, 3.8) is 0 Å². The van der Waals surface area contributed by atoms with Crippen LogP contribution < -0.4 is 4.72 Å². The summed E-state index contributed by atoms with van der Waals surface area (Å²) in [5, 5.41) is 6.40. The van der Waals surface area contributed by atoms with E-state index in [1.807, 2.05) is 24.4 Å². The van der Waals surface area contributed by atoms with E-state index in [2.05, 4.69) is 9.82 Å². The lowest BCUT2D eigenvalue weighted by Gasteiger charge is -2.22. The fourth-order valence-corrected chi connectivity index (χ4v) is 6.23. The highest BCUT2D eigenvalue weighted by Gasteiger charge is 2.38. The number of thiophene rings is 1. The summed E-state index contributed by atoms with van der Waals surface area (Å²) in [4.78, 5) is 1.07. The summed E-state index contributed by atoms with van der Waals surface area (Å²) in [6.07, 6.45) is 1.46. The van der Waals surface area contributed by atoms with Crippen LogP contribution >= 0.6 is 11.3 Å². The van der Waals surface area contributed by atoms with E-state index >= 15 is 0 Å². The summed E-state index contributed by atoms with van der Waals surface area (Å²) in [5.74, 6) is 0. The second-order valence-electron chi connectivity index (χ2n) is 7.33. The SMILES string of the molecule is Cc1ccc(S(=O)(=O)N2N=C(c3cccc(NS(C)(=O)=O)c3)C[C@H]2c2cccs2)cc1. The van der Waals surface area contributed by atoms with Crippen molar-refractivity contribution < 1.29 is 16.8 Å². The fourth-order valence-electron chi connectivity index (χ4n) is 3.37. The Labute approximate surface area is 186 Å². The Hall–Kier alpha value is -2.69. The Kier molecular flexibility index (Phi) is 5.63. The third kappa shape index (κ3) is 4.65. The van der Waals surface area contributed by atoms with Gasteiger partial charge < -0.3 is 0 Å². The molecule has 0 radical (unpaired) electrons. The first kappa shape index (κ1) is 21.5. The predicted octanol–water partition coefficient (Wildman–Crippen LogP) is 3.97. The van der Waals surface area contributed by atoms with Crippen LogP contribution in [0.3, 0.4) is 0 Å². The van der Waals surface area contributed by atoms with Crippen LogP contribution in [-0.4, -0.2) is 33.2 Å². The van der Waals surface area contributed by atoms with E-state index in [1.165, 1.54) is 15.8 Å². The molecule has 0 aliphatic carbocycles. The smallest absolute Gasteiger partial charge is 0.279 e. The van der Waals surface area contributed by atoms with Crippen molar-refractivity contribution in [1.29, 1.82) is 0 Å². The molecule has 0 unspecified atom stereocenters. The fraction of sp³-hybridized carbons (Fsp3) is 0.190. The molecule has 7 nitrogen and oxygen atoms in total. The lowest BCUT2D eigenvalue weighted by atomic mass is 10.0. The number of hydrogen-bond acceptors (Lipinski definition) is 6. The van der Waals surface area contributed by atoms with Crippen molar-refractivity contribution in [2.24, 2.45) is 5.10 Å². The van der Waals surface area contributed by atoms with E-state index in [9.17, 15) is 16.8 Å². The molecule has 1 atom stereocenters. The largest absolute Gasteiger partial charge is 0.284 e. The molecule has 1 aliphatic rings. The zero-order valence-corrected chi connectivity index (χ0v) is 19.3. The third-order valence-electron chi connectivity index (χ3n) is 4.81. The predicted molar refractivity (Wildman–Crippen MR) is 123 cm³/mol. The number of aryl methyl sites for hydroxylation is 1. The molecule has 0 fully saturated rings. The first-order valence-corrected chi connectivity index (χ1v) is 13.6. The maximum absolute atomic E-state index is 13.4. The molecular formula is C21H21N3O4S3. The average Bonchev–Trinajstić information content (AvgIpc) is 3.37. The van der Waals surface area contributed by atoms with Crippen LogP contribution in [0.5, 0.6) is 0 Å². The Balaban J connectivity index is 1.76. The van der Waals surface area contributed by atoms with Gasteiger partial charge in [-0.05, 0) is 48.2 Å².